The Kier molecular flexibility index (Phi) is 3.58. The van der Waals surface area contributed by atoms with E-state index in [2.05, 4.69) is 34.4 Å². The van der Waals surface area contributed by atoms with Crippen LogP contribution in [0, 0.1) is 13.8 Å². The zero-order chi connectivity index (χ0) is 16.0. The molecule has 0 saturated heterocycles. The highest BCUT2D eigenvalue weighted by Crippen LogP contribution is 2.27. The van der Waals surface area contributed by atoms with E-state index in [-0.39, 0.29) is 0 Å². The van der Waals surface area contributed by atoms with Crippen molar-refractivity contribution >= 4 is 22.5 Å². The first-order valence-corrected chi connectivity index (χ1v) is 8.28. The van der Waals surface area contributed by atoms with E-state index in [4.69, 9.17) is 16.6 Å². The van der Waals surface area contributed by atoms with E-state index in [1.54, 1.807) is 0 Å². The molecule has 1 aliphatic heterocycles. The molecule has 0 unspecified atom stereocenters. The number of hydrogen-bond acceptors (Lipinski definition) is 3. The molecule has 23 heavy (non-hydrogen) atoms. The molecule has 1 aromatic carbocycles. The number of aryl methyl sites for hydroxylation is 1. The lowest BCUT2D eigenvalue weighted by Gasteiger charge is -2.28. The smallest absolute Gasteiger partial charge is 0.123 e. The number of imidazole rings is 1. The summed E-state index contributed by atoms with van der Waals surface area (Å²) in [5, 5.41) is 1.93. The Labute approximate surface area is 140 Å². The number of halogens is 1. The van der Waals surface area contributed by atoms with Gasteiger partial charge in [-0.05, 0) is 26.0 Å². The lowest BCUT2D eigenvalue weighted by molar-refractivity contribution is 0.208. The molecule has 3 aromatic rings. The first kappa shape index (κ1) is 14.7. The first-order chi connectivity index (χ1) is 11.1. The van der Waals surface area contributed by atoms with Crippen LogP contribution in [0.15, 0.2) is 30.5 Å². The van der Waals surface area contributed by atoms with Gasteiger partial charge in [-0.2, -0.15) is 0 Å². The van der Waals surface area contributed by atoms with Crippen LogP contribution in [0.5, 0.6) is 0 Å². The minimum Gasteiger partial charge on any atom is -0.330 e. The van der Waals surface area contributed by atoms with Crippen LogP contribution in [0.2, 0.25) is 5.02 Å². The molecule has 0 saturated carbocycles. The molecule has 0 amide bonds. The van der Waals surface area contributed by atoms with Gasteiger partial charge >= 0.3 is 0 Å². The Bertz CT molecular complexity index is 884. The topological polar surface area (TPSA) is 34.0 Å². The van der Waals surface area contributed by atoms with Gasteiger partial charge < -0.3 is 4.57 Å². The normalized spacial score (nSPS) is 15.1. The van der Waals surface area contributed by atoms with Crippen LogP contribution in [0.3, 0.4) is 0 Å². The van der Waals surface area contributed by atoms with Gasteiger partial charge in [0.05, 0.1) is 17.8 Å². The average Bonchev–Trinajstić information content (AvgIpc) is 2.84. The molecule has 2 aromatic heterocycles. The van der Waals surface area contributed by atoms with E-state index in [9.17, 15) is 0 Å². The van der Waals surface area contributed by atoms with Crippen molar-refractivity contribution in [1.29, 1.82) is 0 Å². The Morgan fingerprint density at radius 1 is 1.17 bits per heavy atom. The van der Waals surface area contributed by atoms with Crippen LogP contribution in [-0.2, 0) is 19.6 Å². The molecular formula is C18H19ClN4. The van der Waals surface area contributed by atoms with Gasteiger partial charge in [0.15, 0.2) is 0 Å². The number of nitrogens with zero attached hydrogens (tertiary/aromatic N) is 4. The van der Waals surface area contributed by atoms with E-state index >= 15 is 0 Å². The Morgan fingerprint density at radius 3 is 2.91 bits per heavy atom. The summed E-state index contributed by atoms with van der Waals surface area (Å²) in [5.74, 6) is 1.15. The maximum Gasteiger partial charge on any atom is 0.123 e. The summed E-state index contributed by atoms with van der Waals surface area (Å²) in [5.41, 5.74) is 4.52. The highest BCUT2D eigenvalue weighted by molar-refractivity contribution is 6.32. The highest BCUT2D eigenvalue weighted by atomic mass is 35.5. The summed E-state index contributed by atoms with van der Waals surface area (Å²) in [4.78, 5) is 11.6. The number of benzene rings is 1. The fourth-order valence-electron chi connectivity index (χ4n) is 3.35. The summed E-state index contributed by atoms with van der Waals surface area (Å²) in [6, 6.07) is 8.05. The highest BCUT2D eigenvalue weighted by Gasteiger charge is 2.21. The predicted molar refractivity (Wildman–Crippen MR) is 92.6 cm³/mol. The van der Waals surface area contributed by atoms with Gasteiger partial charge in [-0.15, -0.1) is 0 Å². The monoisotopic (exact) mass is 326 g/mol. The molecule has 0 fully saturated rings. The standard InChI is InChI=1S/C18H19ClN4/c1-12-13(2)23-9-8-22(11-17(23)21-12)10-15-16(19)6-5-14-4-3-7-20-18(14)15/h3-7H,8-11H2,1-2H3. The number of hydrogen-bond donors (Lipinski definition) is 0. The molecule has 3 heterocycles. The van der Waals surface area contributed by atoms with E-state index < -0.39 is 0 Å². The van der Waals surface area contributed by atoms with E-state index in [1.807, 2.05) is 24.4 Å². The van der Waals surface area contributed by atoms with Crippen molar-refractivity contribution in [3.8, 4) is 0 Å². The summed E-state index contributed by atoms with van der Waals surface area (Å²) in [7, 11) is 0. The SMILES string of the molecule is Cc1nc2n(c1C)CCN(Cc1c(Cl)ccc3cccnc13)C2. The van der Waals surface area contributed by atoms with Gasteiger partial charge in [-0.1, -0.05) is 23.7 Å². The molecule has 4 rings (SSSR count). The van der Waals surface area contributed by atoms with E-state index in [0.29, 0.717) is 0 Å². The van der Waals surface area contributed by atoms with Crippen molar-refractivity contribution in [1.82, 2.24) is 19.4 Å². The fraction of sp³-hybridized carbons (Fsp3) is 0.333. The average molecular weight is 327 g/mol. The summed E-state index contributed by atoms with van der Waals surface area (Å²) < 4.78 is 2.33. The molecule has 0 spiro atoms. The molecule has 0 radical (unpaired) electrons. The van der Waals surface area contributed by atoms with Crippen LogP contribution in [-0.4, -0.2) is 26.0 Å². The Morgan fingerprint density at radius 2 is 2.04 bits per heavy atom. The fourth-order valence-corrected chi connectivity index (χ4v) is 3.56. The third-order valence-electron chi connectivity index (χ3n) is 4.75. The van der Waals surface area contributed by atoms with Gasteiger partial charge in [-0.25, -0.2) is 4.98 Å². The molecule has 4 nitrogen and oxygen atoms in total. The third-order valence-corrected chi connectivity index (χ3v) is 5.10. The van der Waals surface area contributed by atoms with Crippen LogP contribution in [0.25, 0.3) is 10.9 Å². The molecule has 0 N–H and O–H groups in total. The number of pyridine rings is 1. The number of aromatic nitrogens is 3. The minimum atomic E-state index is 0.789. The quantitative estimate of drug-likeness (QED) is 0.719. The maximum absolute atomic E-state index is 6.46. The molecule has 5 heteroatoms. The van der Waals surface area contributed by atoms with Crippen molar-refractivity contribution in [2.75, 3.05) is 6.54 Å². The predicted octanol–water partition coefficient (Wildman–Crippen LogP) is 3.72. The summed E-state index contributed by atoms with van der Waals surface area (Å²) >= 11 is 6.46. The van der Waals surface area contributed by atoms with Crippen LogP contribution in [0.4, 0.5) is 0 Å². The van der Waals surface area contributed by atoms with E-state index in [1.165, 1.54) is 5.69 Å². The Balaban J connectivity index is 1.66. The van der Waals surface area contributed by atoms with Crippen molar-refractivity contribution < 1.29 is 0 Å². The van der Waals surface area contributed by atoms with Crippen molar-refractivity contribution in [3.05, 3.63) is 58.3 Å². The zero-order valence-corrected chi connectivity index (χ0v) is 14.1. The van der Waals surface area contributed by atoms with Gasteiger partial charge in [0.25, 0.3) is 0 Å². The second kappa shape index (κ2) is 5.62. The van der Waals surface area contributed by atoms with Crippen LogP contribution < -0.4 is 0 Å². The largest absolute Gasteiger partial charge is 0.330 e. The van der Waals surface area contributed by atoms with Crippen LogP contribution >= 0.6 is 11.6 Å². The van der Waals surface area contributed by atoms with Crippen LogP contribution in [0.1, 0.15) is 22.8 Å². The molecule has 118 valence electrons. The lowest BCUT2D eigenvalue weighted by atomic mass is 10.1. The van der Waals surface area contributed by atoms with Gasteiger partial charge in [0, 0.05) is 47.5 Å². The lowest BCUT2D eigenvalue weighted by Crippen LogP contribution is -2.33. The molecular weight excluding hydrogens is 308 g/mol. The van der Waals surface area contributed by atoms with Crippen molar-refractivity contribution in [2.45, 2.75) is 33.5 Å². The number of fused-ring (bicyclic) bond motifs is 2. The maximum atomic E-state index is 6.46. The van der Waals surface area contributed by atoms with Gasteiger partial charge in [0.2, 0.25) is 0 Å². The third kappa shape index (κ3) is 2.52. The summed E-state index contributed by atoms with van der Waals surface area (Å²) in [6.45, 7) is 7.87. The zero-order valence-electron chi connectivity index (χ0n) is 13.4. The van der Waals surface area contributed by atoms with Crippen molar-refractivity contribution in [3.63, 3.8) is 0 Å². The second-order valence-electron chi connectivity index (χ2n) is 6.16. The molecule has 0 atom stereocenters. The van der Waals surface area contributed by atoms with Gasteiger partial charge in [0.1, 0.15) is 5.82 Å². The Hall–Kier alpha value is -1.91. The number of rotatable bonds is 2. The van der Waals surface area contributed by atoms with Crippen molar-refractivity contribution in [2.24, 2.45) is 0 Å². The molecule has 1 aliphatic rings. The second-order valence-corrected chi connectivity index (χ2v) is 6.57. The van der Waals surface area contributed by atoms with Gasteiger partial charge in [-0.3, -0.25) is 9.88 Å². The molecule has 0 aliphatic carbocycles. The summed E-state index contributed by atoms with van der Waals surface area (Å²) in [6.07, 6.45) is 1.83. The minimum absolute atomic E-state index is 0.789. The first-order valence-electron chi connectivity index (χ1n) is 7.90. The molecule has 0 bridgehead atoms. The van der Waals surface area contributed by atoms with E-state index in [0.717, 1.165) is 59.2 Å².